The van der Waals surface area contributed by atoms with Crippen molar-refractivity contribution in [3.63, 3.8) is 0 Å². The fourth-order valence-corrected chi connectivity index (χ4v) is 2.63. The van der Waals surface area contributed by atoms with E-state index in [1.165, 1.54) is 6.07 Å². The standard InChI is InChI=1S/C15H21ClFNO2/c1-14(2,3)8-15(4,5)18-13(20)9-6-7-10(17)11(16)12(9)19/h6-7,19H,8H2,1-5H3,(H,18,20). The average molecular weight is 302 g/mol. The average Bonchev–Trinajstić information content (AvgIpc) is 2.21. The van der Waals surface area contributed by atoms with E-state index in [1.54, 1.807) is 0 Å². The molecule has 0 saturated carbocycles. The molecule has 0 saturated heterocycles. The predicted octanol–water partition coefficient (Wildman–Crippen LogP) is 4.13. The van der Waals surface area contributed by atoms with Gasteiger partial charge in [-0.3, -0.25) is 4.79 Å². The van der Waals surface area contributed by atoms with Crippen molar-refractivity contribution >= 4 is 17.5 Å². The molecule has 0 radical (unpaired) electrons. The molecule has 1 aromatic carbocycles. The highest BCUT2D eigenvalue weighted by molar-refractivity contribution is 6.32. The summed E-state index contributed by atoms with van der Waals surface area (Å²) < 4.78 is 13.2. The molecule has 0 heterocycles. The summed E-state index contributed by atoms with van der Waals surface area (Å²) in [5.74, 6) is -1.76. The SMILES string of the molecule is CC(C)(C)CC(C)(C)NC(=O)c1ccc(F)c(Cl)c1O. The number of nitrogens with one attached hydrogen (secondary N) is 1. The third-order valence-electron chi connectivity index (χ3n) is 2.74. The molecule has 0 bridgehead atoms. The van der Waals surface area contributed by atoms with Gasteiger partial charge in [-0.25, -0.2) is 4.39 Å². The summed E-state index contributed by atoms with van der Waals surface area (Å²) in [6, 6.07) is 2.28. The predicted molar refractivity (Wildman–Crippen MR) is 78.7 cm³/mol. The van der Waals surface area contributed by atoms with E-state index >= 15 is 0 Å². The lowest BCUT2D eigenvalue weighted by Crippen LogP contribution is -2.45. The summed E-state index contributed by atoms with van der Waals surface area (Å²) in [4.78, 5) is 12.2. The first-order valence-corrected chi connectivity index (χ1v) is 6.80. The van der Waals surface area contributed by atoms with Gasteiger partial charge in [-0.15, -0.1) is 0 Å². The lowest BCUT2D eigenvalue weighted by atomic mass is 9.81. The number of halogens is 2. The van der Waals surface area contributed by atoms with E-state index in [-0.39, 0.29) is 11.0 Å². The second-order valence-corrected chi connectivity index (χ2v) is 7.21. The molecule has 1 amide bonds. The Hall–Kier alpha value is -1.29. The minimum absolute atomic E-state index is 0.0293. The second kappa shape index (κ2) is 5.60. The quantitative estimate of drug-likeness (QED) is 0.882. The number of phenols is 1. The Kier molecular flexibility index (Phi) is 4.70. The van der Waals surface area contributed by atoms with Gasteiger partial charge < -0.3 is 10.4 Å². The fraction of sp³-hybridized carbons (Fsp3) is 0.533. The van der Waals surface area contributed by atoms with Gasteiger partial charge in [0.15, 0.2) is 0 Å². The van der Waals surface area contributed by atoms with Crippen LogP contribution in [-0.2, 0) is 0 Å². The number of carbonyl (C=O) groups is 1. The molecule has 0 spiro atoms. The van der Waals surface area contributed by atoms with Crippen molar-refractivity contribution in [2.75, 3.05) is 0 Å². The molecule has 2 N–H and O–H groups in total. The van der Waals surface area contributed by atoms with Crippen LogP contribution in [0.2, 0.25) is 5.02 Å². The van der Waals surface area contributed by atoms with Crippen LogP contribution in [0.4, 0.5) is 4.39 Å². The summed E-state index contributed by atoms with van der Waals surface area (Å²) >= 11 is 5.60. The van der Waals surface area contributed by atoms with Crippen molar-refractivity contribution in [1.82, 2.24) is 5.32 Å². The molecule has 1 rings (SSSR count). The van der Waals surface area contributed by atoms with Crippen molar-refractivity contribution in [2.24, 2.45) is 5.41 Å². The zero-order valence-corrected chi connectivity index (χ0v) is 13.2. The van der Waals surface area contributed by atoms with E-state index in [1.807, 2.05) is 13.8 Å². The fourth-order valence-electron chi connectivity index (χ4n) is 2.47. The van der Waals surface area contributed by atoms with Crippen LogP contribution in [-0.4, -0.2) is 16.6 Å². The summed E-state index contributed by atoms with van der Waals surface area (Å²) in [5, 5.41) is 12.1. The third-order valence-corrected chi connectivity index (χ3v) is 3.10. The van der Waals surface area contributed by atoms with Gasteiger partial charge in [0.2, 0.25) is 0 Å². The molecular formula is C15H21ClFNO2. The number of aromatic hydroxyl groups is 1. The molecule has 0 atom stereocenters. The molecule has 3 nitrogen and oxygen atoms in total. The highest BCUT2D eigenvalue weighted by Gasteiger charge is 2.28. The molecule has 112 valence electrons. The molecule has 0 aliphatic carbocycles. The number of hydrogen-bond acceptors (Lipinski definition) is 2. The Labute approximate surface area is 124 Å². The normalized spacial score (nSPS) is 12.3. The molecule has 0 aliphatic heterocycles. The van der Waals surface area contributed by atoms with Crippen LogP contribution < -0.4 is 5.32 Å². The van der Waals surface area contributed by atoms with Crippen molar-refractivity contribution in [1.29, 1.82) is 0 Å². The number of hydrogen-bond donors (Lipinski definition) is 2. The summed E-state index contributed by atoms with van der Waals surface area (Å²) in [6.07, 6.45) is 0.751. The maximum Gasteiger partial charge on any atom is 0.255 e. The molecular weight excluding hydrogens is 281 g/mol. The van der Waals surface area contributed by atoms with Crippen LogP contribution in [0.1, 0.15) is 51.4 Å². The van der Waals surface area contributed by atoms with Gasteiger partial charge in [0.05, 0.1) is 5.56 Å². The van der Waals surface area contributed by atoms with Gasteiger partial charge in [-0.05, 0) is 37.8 Å². The number of carbonyl (C=O) groups excluding carboxylic acids is 1. The number of rotatable bonds is 3. The summed E-state index contributed by atoms with van der Waals surface area (Å²) in [7, 11) is 0. The van der Waals surface area contributed by atoms with Crippen molar-refractivity contribution < 1.29 is 14.3 Å². The third kappa shape index (κ3) is 4.37. The van der Waals surface area contributed by atoms with Gasteiger partial charge in [0, 0.05) is 5.54 Å². The van der Waals surface area contributed by atoms with E-state index in [2.05, 4.69) is 26.1 Å². The smallest absolute Gasteiger partial charge is 0.255 e. The Morgan fingerprint density at radius 1 is 1.30 bits per heavy atom. The number of benzene rings is 1. The highest BCUT2D eigenvalue weighted by Crippen LogP contribution is 2.31. The Morgan fingerprint density at radius 3 is 2.35 bits per heavy atom. The maximum absolute atomic E-state index is 13.2. The lowest BCUT2D eigenvalue weighted by molar-refractivity contribution is 0.0888. The van der Waals surface area contributed by atoms with Crippen LogP contribution in [0.25, 0.3) is 0 Å². The molecule has 20 heavy (non-hydrogen) atoms. The molecule has 0 aromatic heterocycles. The van der Waals surface area contributed by atoms with Crippen molar-refractivity contribution in [2.45, 2.75) is 46.6 Å². The van der Waals surface area contributed by atoms with Gasteiger partial charge >= 0.3 is 0 Å². The van der Waals surface area contributed by atoms with Gasteiger partial charge in [0.25, 0.3) is 5.91 Å². The van der Waals surface area contributed by atoms with Crippen LogP contribution >= 0.6 is 11.6 Å². The van der Waals surface area contributed by atoms with E-state index in [0.29, 0.717) is 0 Å². The molecule has 1 aromatic rings. The topological polar surface area (TPSA) is 49.3 Å². The second-order valence-electron chi connectivity index (χ2n) is 6.83. The van der Waals surface area contributed by atoms with Crippen LogP contribution in [0.5, 0.6) is 5.75 Å². The zero-order valence-electron chi connectivity index (χ0n) is 12.5. The first-order valence-electron chi connectivity index (χ1n) is 6.42. The van der Waals surface area contributed by atoms with Gasteiger partial charge in [0.1, 0.15) is 16.6 Å². The maximum atomic E-state index is 13.2. The van der Waals surface area contributed by atoms with E-state index in [0.717, 1.165) is 12.5 Å². The van der Waals surface area contributed by atoms with E-state index < -0.39 is 28.0 Å². The van der Waals surface area contributed by atoms with Crippen LogP contribution in [0.15, 0.2) is 12.1 Å². The van der Waals surface area contributed by atoms with E-state index in [4.69, 9.17) is 11.6 Å². The minimum Gasteiger partial charge on any atom is -0.505 e. The summed E-state index contributed by atoms with van der Waals surface area (Å²) in [6.45, 7) is 10.0. The Morgan fingerprint density at radius 2 is 1.85 bits per heavy atom. The number of amides is 1. The molecule has 0 fully saturated rings. The highest BCUT2D eigenvalue weighted by atomic mass is 35.5. The Balaban J connectivity index is 2.95. The lowest BCUT2D eigenvalue weighted by Gasteiger charge is -2.33. The summed E-state index contributed by atoms with van der Waals surface area (Å²) in [5.41, 5.74) is -0.444. The van der Waals surface area contributed by atoms with E-state index in [9.17, 15) is 14.3 Å². The monoisotopic (exact) mass is 301 g/mol. The van der Waals surface area contributed by atoms with Gasteiger partial charge in [-0.2, -0.15) is 0 Å². The molecule has 0 aliphatic rings. The Bertz CT molecular complexity index is 521. The van der Waals surface area contributed by atoms with Crippen LogP contribution in [0.3, 0.4) is 0 Å². The van der Waals surface area contributed by atoms with Crippen molar-refractivity contribution in [3.05, 3.63) is 28.5 Å². The minimum atomic E-state index is -0.755. The van der Waals surface area contributed by atoms with Gasteiger partial charge in [-0.1, -0.05) is 32.4 Å². The molecule has 0 unspecified atom stereocenters. The largest absolute Gasteiger partial charge is 0.505 e. The first-order chi connectivity index (χ1) is 8.93. The number of phenolic OH excluding ortho intramolecular Hbond substituents is 1. The first kappa shape index (κ1) is 16.8. The van der Waals surface area contributed by atoms with Crippen LogP contribution in [0, 0.1) is 11.2 Å². The van der Waals surface area contributed by atoms with Crippen molar-refractivity contribution in [3.8, 4) is 5.75 Å². The molecule has 5 heteroatoms. The zero-order chi connectivity index (χ0) is 15.7.